The molecular weight excluding hydrogens is 276 g/mol. The molecule has 1 N–H and O–H groups in total. The van der Waals surface area contributed by atoms with Crippen molar-refractivity contribution < 1.29 is 9.53 Å². The highest BCUT2D eigenvalue weighted by Crippen LogP contribution is 2.30. The van der Waals surface area contributed by atoms with Crippen LogP contribution in [0.2, 0.25) is 0 Å². The van der Waals surface area contributed by atoms with Crippen molar-refractivity contribution in [3.63, 3.8) is 0 Å². The topological polar surface area (TPSA) is 62.1 Å². The van der Waals surface area contributed by atoms with Gasteiger partial charge in [-0.3, -0.25) is 4.79 Å². The molecule has 0 bridgehead atoms. The first-order valence-electron chi connectivity index (χ1n) is 7.27. The van der Waals surface area contributed by atoms with E-state index in [9.17, 15) is 4.79 Å². The molecule has 1 atom stereocenters. The molecule has 3 rings (SSSR count). The standard InChI is InChI=1S/C18H16N2O2/c19-11-14-6-2-4-8-17(14)22-12-18(21)20-16-10-9-13-5-1-3-7-15(13)16/h1-8,16H,9-10,12H2,(H,20,21). The van der Waals surface area contributed by atoms with Crippen LogP contribution >= 0.6 is 0 Å². The number of carbonyl (C=O) groups is 1. The number of para-hydroxylation sites is 1. The van der Waals surface area contributed by atoms with Gasteiger partial charge in [0, 0.05) is 0 Å². The Bertz CT molecular complexity index is 734. The molecule has 2 aromatic rings. The Morgan fingerprint density at radius 3 is 2.86 bits per heavy atom. The van der Waals surface area contributed by atoms with Crippen LogP contribution in [0.4, 0.5) is 0 Å². The van der Waals surface area contributed by atoms with Crippen LogP contribution in [0, 0.1) is 11.3 Å². The van der Waals surface area contributed by atoms with E-state index in [1.165, 1.54) is 11.1 Å². The maximum atomic E-state index is 12.1. The molecule has 1 aliphatic rings. The molecule has 0 heterocycles. The Kier molecular flexibility index (Phi) is 4.06. The van der Waals surface area contributed by atoms with Gasteiger partial charge in [-0.25, -0.2) is 0 Å². The molecule has 1 amide bonds. The summed E-state index contributed by atoms with van der Waals surface area (Å²) in [4.78, 5) is 12.1. The predicted octanol–water partition coefficient (Wildman–Crippen LogP) is 2.74. The van der Waals surface area contributed by atoms with E-state index in [-0.39, 0.29) is 18.6 Å². The van der Waals surface area contributed by atoms with Gasteiger partial charge in [0.25, 0.3) is 5.91 Å². The molecule has 110 valence electrons. The molecule has 0 fully saturated rings. The van der Waals surface area contributed by atoms with Crippen molar-refractivity contribution in [3.05, 3.63) is 65.2 Å². The zero-order chi connectivity index (χ0) is 15.4. The number of fused-ring (bicyclic) bond motifs is 1. The number of rotatable bonds is 4. The maximum Gasteiger partial charge on any atom is 0.258 e. The molecule has 1 unspecified atom stereocenters. The van der Waals surface area contributed by atoms with Crippen molar-refractivity contribution in [3.8, 4) is 11.8 Å². The average Bonchev–Trinajstić information content (AvgIpc) is 2.96. The zero-order valence-corrected chi connectivity index (χ0v) is 12.1. The van der Waals surface area contributed by atoms with Crippen molar-refractivity contribution in [2.24, 2.45) is 0 Å². The molecule has 0 aromatic heterocycles. The molecule has 0 radical (unpaired) electrons. The normalized spacial score (nSPS) is 15.7. The first kappa shape index (κ1) is 14.2. The number of hydrogen-bond acceptors (Lipinski definition) is 3. The Balaban J connectivity index is 1.59. The fourth-order valence-electron chi connectivity index (χ4n) is 2.77. The number of carbonyl (C=O) groups excluding carboxylic acids is 1. The van der Waals surface area contributed by atoms with Gasteiger partial charge in [-0.2, -0.15) is 5.26 Å². The summed E-state index contributed by atoms with van der Waals surface area (Å²) in [6.07, 6.45) is 1.90. The summed E-state index contributed by atoms with van der Waals surface area (Å²) in [7, 11) is 0. The minimum atomic E-state index is -0.172. The van der Waals surface area contributed by atoms with Crippen LogP contribution in [-0.4, -0.2) is 12.5 Å². The van der Waals surface area contributed by atoms with Gasteiger partial charge < -0.3 is 10.1 Å². The first-order valence-corrected chi connectivity index (χ1v) is 7.27. The lowest BCUT2D eigenvalue weighted by molar-refractivity contribution is -0.123. The third-order valence-corrected chi connectivity index (χ3v) is 3.83. The maximum absolute atomic E-state index is 12.1. The van der Waals surface area contributed by atoms with Crippen molar-refractivity contribution in [1.82, 2.24) is 5.32 Å². The van der Waals surface area contributed by atoms with E-state index in [1.807, 2.05) is 18.2 Å². The monoisotopic (exact) mass is 292 g/mol. The predicted molar refractivity (Wildman–Crippen MR) is 82.3 cm³/mol. The summed E-state index contributed by atoms with van der Waals surface area (Å²) in [6, 6.07) is 17.2. The third kappa shape index (κ3) is 2.94. The van der Waals surface area contributed by atoms with Crippen LogP contribution in [0.3, 0.4) is 0 Å². The molecule has 22 heavy (non-hydrogen) atoms. The largest absolute Gasteiger partial charge is 0.482 e. The van der Waals surface area contributed by atoms with Gasteiger partial charge in [0.05, 0.1) is 11.6 Å². The van der Waals surface area contributed by atoms with Crippen molar-refractivity contribution in [1.29, 1.82) is 5.26 Å². The van der Waals surface area contributed by atoms with E-state index in [1.54, 1.807) is 24.3 Å². The molecule has 0 saturated carbocycles. The van der Waals surface area contributed by atoms with Crippen molar-refractivity contribution in [2.75, 3.05) is 6.61 Å². The Hall–Kier alpha value is -2.80. The Morgan fingerprint density at radius 1 is 1.23 bits per heavy atom. The van der Waals surface area contributed by atoms with Gasteiger partial charge in [0.15, 0.2) is 6.61 Å². The van der Waals surface area contributed by atoms with Crippen molar-refractivity contribution >= 4 is 5.91 Å². The van der Waals surface area contributed by atoms with Gasteiger partial charge in [0.2, 0.25) is 0 Å². The average molecular weight is 292 g/mol. The molecule has 4 nitrogen and oxygen atoms in total. The third-order valence-electron chi connectivity index (χ3n) is 3.83. The second-order valence-corrected chi connectivity index (χ2v) is 5.25. The molecule has 1 aliphatic carbocycles. The summed E-state index contributed by atoms with van der Waals surface area (Å²) in [5.74, 6) is 0.265. The molecule has 0 aliphatic heterocycles. The number of hydrogen-bond donors (Lipinski definition) is 1. The molecule has 4 heteroatoms. The van der Waals surface area contributed by atoms with Gasteiger partial charge >= 0.3 is 0 Å². The number of nitrogens with zero attached hydrogens (tertiary/aromatic N) is 1. The van der Waals surface area contributed by atoms with Crippen LogP contribution < -0.4 is 10.1 Å². The number of benzene rings is 2. The second-order valence-electron chi connectivity index (χ2n) is 5.25. The fraction of sp³-hybridized carbons (Fsp3) is 0.222. The summed E-state index contributed by atoms with van der Waals surface area (Å²) in [5, 5.41) is 12.0. The number of amides is 1. The number of nitrogens with one attached hydrogen (secondary N) is 1. The number of ether oxygens (including phenoxy) is 1. The zero-order valence-electron chi connectivity index (χ0n) is 12.1. The number of nitriles is 1. The second kappa shape index (κ2) is 6.31. The van der Waals surface area contributed by atoms with E-state index in [0.29, 0.717) is 11.3 Å². The van der Waals surface area contributed by atoms with Gasteiger partial charge in [0.1, 0.15) is 11.8 Å². The van der Waals surface area contributed by atoms with Gasteiger partial charge in [-0.1, -0.05) is 36.4 Å². The van der Waals surface area contributed by atoms with Crippen LogP contribution in [0.15, 0.2) is 48.5 Å². The lowest BCUT2D eigenvalue weighted by atomic mass is 10.1. The van der Waals surface area contributed by atoms with E-state index in [4.69, 9.17) is 10.00 Å². The highest BCUT2D eigenvalue weighted by molar-refractivity contribution is 5.78. The van der Waals surface area contributed by atoms with E-state index >= 15 is 0 Å². The summed E-state index contributed by atoms with van der Waals surface area (Å²) in [5.41, 5.74) is 2.92. The van der Waals surface area contributed by atoms with Gasteiger partial charge in [-0.05, 0) is 36.1 Å². The molecule has 2 aromatic carbocycles. The summed E-state index contributed by atoms with van der Waals surface area (Å²) < 4.78 is 5.45. The smallest absolute Gasteiger partial charge is 0.258 e. The highest BCUT2D eigenvalue weighted by atomic mass is 16.5. The van der Waals surface area contributed by atoms with E-state index < -0.39 is 0 Å². The lowest BCUT2D eigenvalue weighted by Crippen LogP contribution is -2.31. The lowest BCUT2D eigenvalue weighted by Gasteiger charge is -2.14. The van der Waals surface area contributed by atoms with Crippen LogP contribution in [0.25, 0.3) is 0 Å². The Labute approximate surface area is 129 Å². The molecular formula is C18H16N2O2. The van der Waals surface area contributed by atoms with E-state index in [0.717, 1.165) is 12.8 Å². The SMILES string of the molecule is N#Cc1ccccc1OCC(=O)NC1CCc2ccccc21. The summed E-state index contributed by atoms with van der Waals surface area (Å²) in [6.45, 7) is -0.0860. The Morgan fingerprint density at radius 2 is 2.00 bits per heavy atom. The highest BCUT2D eigenvalue weighted by Gasteiger charge is 2.23. The quantitative estimate of drug-likeness (QED) is 0.942. The minimum Gasteiger partial charge on any atom is -0.482 e. The fourth-order valence-corrected chi connectivity index (χ4v) is 2.77. The number of aryl methyl sites for hydroxylation is 1. The van der Waals surface area contributed by atoms with Crippen LogP contribution in [-0.2, 0) is 11.2 Å². The van der Waals surface area contributed by atoms with E-state index in [2.05, 4.69) is 17.4 Å². The van der Waals surface area contributed by atoms with Gasteiger partial charge in [-0.15, -0.1) is 0 Å². The van der Waals surface area contributed by atoms with Crippen LogP contribution in [0.1, 0.15) is 29.2 Å². The molecule has 0 spiro atoms. The van der Waals surface area contributed by atoms with Crippen LogP contribution in [0.5, 0.6) is 5.75 Å². The molecule has 0 saturated heterocycles. The summed E-state index contributed by atoms with van der Waals surface area (Å²) >= 11 is 0. The minimum absolute atomic E-state index is 0.0542. The van der Waals surface area contributed by atoms with Crippen molar-refractivity contribution in [2.45, 2.75) is 18.9 Å². The first-order chi connectivity index (χ1) is 10.8.